The molecule has 1 aliphatic heterocycles. The minimum atomic E-state index is -3.53. The molecule has 1 fully saturated rings. The largest absolute Gasteiger partial charge is 0.356 e. The zero-order valence-electron chi connectivity index (χ0n) is 16.5. The fourth-order valence-electron chi connectivity index (χ4n) is 3.66. The molecule has 9 nitrogen and oxygen atoms in total. The number of benzene rings is 1. The summed E-state index contributed by atoms with van der Waals surface area (Å²) in [6.45, 7) is 1.03. The third kappa shape index (κ3) is 3.87. The maximum Gasteiger partial charge on any atom is 0.266 e. The Morgan fingerprint density at radius 3 is 2.71 bits per heavy atom. The summed E-state index contributed by atoms with van der Waals surface area (Å²) in [6.07, 6.45) is 3.35. The van der Waals surface area contributed by atoms with Crippen LogP contribution in [0.15, 0.2) is 70.2 Å². The Labute approximate surface area is 178 Å². The van der Waals surface area contributed by atoms with Gasteiger partial charge in [0.25, 0.3) is 5.56 Å². The van der Waals surface area contributed by atoms with E-state index in [-0.39, 0.29) is 17.2 Å². The molecule has 1 aromatic carbocycles. The molecule has 0 N–H and O–H groups in total. The average molecular weight is 437 g/mol. The van der Waals surface area contributed by atoms with E-state index in [9.17, 15) is 13.2 Å². The van der Waals surface area contributed by atoms with Gasteiger partial charge >= 0.3 is 0 Å². The maximum atomic E-state index is 12.8. The lowest BCUT2D eigenvalue weighted by molar-refractivity contribution is 0.172. The number of sulfonamides is 1. The van der Waals surface area contributed by atoms with Gasteiger partial charge < -0.3 is 4.52 Å². The number of hydrogen-bond donors (Lipinski definition) is 0. The summed E-state index contributed by atoms with van der Waals surface area (Å²) in [5, 5.41) is 9.04. The Kier molecular flexibility index (Phi) is 4.87. The van der Waals surface area contributed by atoms with Crippen LogP contribution in [0, 0.1) is 5.92 Å². The molecule has 0 atom stereocenters. The molecule has 0 amide bonds. The fourth-order valence-corrected chi connectivity index (χ4v) is 5.28. The first kappa shape index (κ1) is 19.6. The van der Waals surface area contributed by atoms with Crippen LogP contribution in [0.25, 0.3) is 22.2 Å². The first-order valence-corrected chi connectivity index (χ1v) is 11.4. The van der Waals surface area contributed by atoms with E-state index >= 15 is 0 Å². The van der Waals surface area contributed by atoms with E-state index in [0.29, 0.717) is 42.0 Å². The van der Waals surface area contributed by atoms with Gasteiger partial charge in [0.2, 0.25) is 10.0 Å². The number of para-hydroxylation sites is 1. The molecule has 0 unspecified atom stereocenters. The molecule has 3 aromatic heterocycles. The summed E-state index contributed by atoms with van der Waals surface area (Å²) in [7, 11) is -3.53. The SMILES string of the molecule is O=c1ccc(-c2cccnc2)nn1CC1CN(S(=O)(=O)Cc2noc3ccccc23)C1. The van der Waals surface area contributed by atoms with Gasteiger partial charge in [0.05, 0.1) is 12.2 Å². The Morgan fingerprint density at radius 2 is 1.90 bits per heavy atom. The van der Waals surface area contributed by atoms with Gasteiger partial charge in [-0.1, -0.05) is 17.3 Å². The van der Waals surface area contributed by atoms with E-state index in [4.69, 9.17) is 4.52 Å². The highest BCUT2D eigenvalue weighted by Gasteiger charge is 2.37. The number of pyridine rings is 1. The molecule has 0 saturated carbocycles. The van der Waals surface area contributed by atoms with Crippen molar-refractivity contribution in [3.63, 3.8) is 0 Å². The van der Waals surface area contributed by atoms with Crippen molar-refractivity contribution in [1.29, 1.82) is 0 Å². The predicted molar refractivity (Wildman–Crippen MR) is 113 cm³/mol. The van der Waals surface area contributed by atoms with Crippen LogP contribution in [0.5, 0.6) is 0 Å². The quantitative estimate of drug-likeness (QED) is 0.453. The Balaban J connectivity index is 1.26. The highest BCUT2D eigenvalue weighted by Crippen LogP contribution is 2.26. The van der Waals surface area contributed by atoms with Gasteiger partial charge in [-0.25, -0.2) is 17.4 Å². The van der Waals surface area contributed by atoms with Crippen LogP contribution in [0.2, 0.25) is 0 Å². The van der Waals surface area contributed by atoms with Crippen molar-refractivity contribution in [3.05, 3.63) is 77.0 Å². The van der Waals surface area contributed by atoms with Crippen molar-refractivity contribution in [1.82, 2.24) is 24.2 Å². The average Bonchev–Trinajstić information content (AvgIpc) is 3.14. The summed E-state index contributed by atoms with van der Waals surface area (Å²) >= 11 is 0. The molecule has 158 valence electrons. The van der Waals surface area contributed by atoms with Crippen LogP contribution in [0.3, 0.4) is 0 Å². The molecule has 0 aliphatic carbocycles. The summed E-state index contributed by atoms with van der Waals surface area (Å²) < 4.78 is 33.6. The fraction of sp³-hybridized carbons (Fsp3) is 0.238. The van der Waals surface area contributed by atoms with Crippen LogP contribution in [-0.4, -0.2) is 45.7 Å². The molecular weight excluding hydrogens is 418 g/mol. The van der Waals surface area contributed by atoms with Gasteiger partial charge in [0, 0.05) is 48.4 Å². The van der Waals surface area contributed by atoms with Crippen LogP contribution in [-0.2, 0) is 22.3 Å². The number of fused-ring (bicyclic) bond motifs is 1. The minimum absolute atomic E-state index is 0.0122. The molecule has 4 aromatic rings. The first-order chi connectivity index (χ1) is 15.0. The van der Waals surface area contributed by atoms with Crippen LogP contribution in [0.1, 0.15) is 5.69 Å². The number of hydrogen-bond acceptors (Lipinski definition) is 7. The van der Waals surface area contributed by atoms with E-state index in [1.165, 1.54) is 15.1 Å². The smallest absolute Gasteiger partial charge is 0.266 e. The lowest BCUT2D eigenvalue weighted by Crippen LogP contribution is -2.52. The Morgan fingerprint density at radius 1 is 1.06 bits per heavy atom. The topological polar surface area (TPSA) is 111 Å². The van der Waals surface area contributed by atoms with Gasteiger partial charge in [0.1, 0.15) is 11.4 Å². The van der Waals surface area contributed by atoms with Gasteiger partial charge in [-0.05, 0) is 30.3 Å². The van der Waals surface area contributed by atoms with Crippen LogP contribution >= 0.6 is 0 Å². The Hall–Kier alpha value is -3.37. The lowest BCUT2D eigenvalue weighted by atomic mass is 10.0. The Bertz CT molecular complexity index is 1390. The van der Waals surface area contributed by atoms with E-state index in [1.807, 2.05) is 18.2 Å². The molecule has 1 saturated heterocycles. The normalized spacial score (nSPS) is 15.2. The second-order valence-corrected chi connectivity index (χ2v) is 9.51. The van der Waals surface area contributed by atoms with Crippen molar-refractivity contribution < 1.29 is 12.9 Å². The monoisotopic (exact) mass is 437 g/mol. The molecular formula is C21H19N5O4S. The second kappa shape index (κ2) is 7.71. The van der Waals surface area contributed by atoms with Crippen molar-refractivity contribution in [2.75, 3.05) is 13.1 Å². The second-order valence-electron chi connectivity index (χ2n) is 7.55. The molecule has 10 heteroatoms. The minimum Gasteiger partial charge on any atom is -0.356 e. The van der Waals surface area contributed by atoms with E-state index < -0.39 is 10.0 Å². The summed E-state index contributed by atoms with van der Waals surface area (Å²) in [5.74, 6) is -0.205. The summed E-state index contributed by atoms with van der Waals surface area (Å²) in [4.78, 5) is 16.3. The molecule has 1 aliphatic rings. The maximum absolute atomic E-state index is 12.8. The zero-order valence-corrected chi connectivity index (χ0v) is 17.3. The third-order valence-electron chi connectivity index (χ3n) is 5.34. The standard InChI is InChI=1S/C21H19N5O4S/c27-21-8-7-18(16-4-3-9-22-10-16)23-26(21)13-15-11-25(12-15)31(28,29)14-19-17-5-1-2-6-20(17)30-24-19/h1-10,15H,11-14H2. The predicted octanol–water partition coefficient (Wildman–Crippen LogP) is 1.91. The third-order valence-corrected chi connectivity index (χ3v) is 7.07. The van der Waals surface area contributed by atoms with E-state index in [1.54, 1.807) is 36.7 Å². The molecule has 0 bridgehead atoms. The molecule has 0 spiro atoms. The van der Waals surface area contributed by atoms with Gasteiger partial charge in [0.15, 0.2) is 5.58 Å². The van der Waals surface area contributed by atoms with Crippen molar-refractivity contribution in [3.8, 4) is 11.3 Å². The van der Waals surface area contributed by atoms with Crippen LogP contribution in [0.4, 0.5) is 0 Å². The van der Waals surface area contributed by atoms with E-state index in [0.717, 1.165) is 5.56 Å². The lowest BCUT2D eigenvalue weighted by Gasteiger charge is -2.37. The molecule has 0 radical (unpaired) electrons. The highest BCUT2D eigenvalue weighted by molar-refractivity contribution is 7.88. The van der Waals surface area contributed by atoms with Gasteiger partial charge in [-0.3, -0.25) is 9.78 Å². The summed E-state index contributed by atoms with van der Waals surface area (Å²) in [5.41, 5.74) is 2.21. The van der Waals surface area contributed by atoms with Gasteiger partial charge in [-0.15, -0.1) is 0 Å². The first-order valence-electron chi connectivity index (χ1n) is 9.79. The molecule has 4 heterocycles. The molecule has 31 heavy (non-hydrogen) atoms. The van der Waals surface area contributed by atoms with Crippen molar-refractivity contribution in [2.24, 2.45) is 5.92 Å². The van der Waals surface area contributed by atoms with Crippen molar-refractivity contribution in [2.45, 2.75) is 12.3 Å². The molecule has 5 rings (SSSR count). The number of aromatic nitrogens is 4. The van der Waals surface area contributed by atoms with Crippen LogP contribution < -0.4 is 5.56 Å². The highest BCUT2D eigenvalue weighted by atomic mass is 32.2. The number of rotatable bonds is 6. The number of nitrogens with zero attached hydrogens (tertiary/aromatic N) is 5. The summed E-state index contributed by atoms with van der Waals surface area (Å²) in [6, 6.07) is 14.0. The van der Waals surface area contributed by atoms with E-state index in [2.05, 4.69) is 15.2 Å². The zero-order chi connectivity index (χ0) is 21.4. The van der Waals surface area contributed by atoms with Gasteiger partial charge in [-0.2, -0.15) is 5.10 Å². The van der Waals surface area contributed by atoms with Crippen molar-refractivity contribution >= 4 is 21.0 Å².